The molecular formula is C13H8BrNO. The van der Waals surface area contributed by atoms with Crippen LogP contribution in [0.4, 0.5) is 0 Å². The largest absolute Gasteiger partial charge is 0.353 e. The van der Waals surface area contributed by atoms with Crippen LogP contribution in [0.3, 0.4) is 0 Å². The number of fused-ring (bicyclic) bond motifs is 2. The topological polar surface area (TPSA) is 32.9 Å². The standard InChI is InChI=1S/C13H8BrNO/c14-10-6-3-5-9-12(10)15-11-7-2-1-4-8(11)13(9)16/h1-7H,(H,15,16). The summed E-state index contributed by atoms with van der Waals surface area (Å²) in [5.74, 6) is 0. The van der Waals surface area contributed by atoms with E-state index in [0.29, 0.717) is 5.39 Å². The predicted octanol–water partition coefficient (Wildman–Crippen LogP) is 3.44. The first-order valence-electron chi connectivity index (χ1n) is 4.96. The van der Waals surface area contributed by atoms with Crippen LogP contribution in [0.1, 0.15) is 0 Å². The lowest BCUT2D eigenvalue weighted by molar-refractivity contribution is 1.46. The normalized spacial score (nSPS) is 11.1. The Kier molecular flexibility index (Phi) is 2.07. The minimum Gasteiger partial charge on any atom is -0.353 e. The van der Waals surface area contributed by atoms with Crippen molar-refractivity contribution in [2.24, 2.45) is 0 Å². The van der Waals surface area contributed by atoms with Crippen LogP contribution in [0, 0.1) is 0 Å². The molecule has 1 aromatic heterocycles. The van der Waals surface area contributed by atoms with Crippen molar-refractivity contribution in [2.75, 3.05) is 0 Å². The van der Waals surface area contributed by atoms with Gasteiger partial charge in [-0.2, -0.15) is 0 Å². The molecule has 0 aliphatic rings. The molecule has 0 aliphatic heterocycles. The zero-order chi connectivity index (χ0) is 11.1. The number of H-pyrrole nitrogens is 1. The Morgan fingerprint density at radius 1 is 0.938 bits per heavy atom. The van der Waals surface area contributed by atoms with E-state index in [0.717, 1.165) is 20.9 Å². The molecule has 2 aromatic carbocycles. The highest BCUT2D eigenvalue weighted by Crippen LogP contribution is 2.21. The molecule has 16 heavy (non-hydrogen) atoms. The van der Waals surface area contributed by atoms with E-state index in [1.165, 1.54) is 0 Å². The monoisotopic (exact) mass is 273 g/mol. The van der Waals surface area contributed by atoms with Gasteiger partial charge in [-0.15, -0.1) is 0 Å². The highest BCUT2D eigenvalue weighted by Gasteiger charge is 2.06. The molecule has 0 fully saturated rings. The number of para-hydroxylation sites is 2. The van der Waals surface area contributed by atoms with Crippen LogP contribution in [0.2, 0.25) is 0 Å². The van der Waals surface area contributed by atoms with E-state index in [9.17, 15) is 4.79 Å². The zero-order valence-corrected chi connectivity index (χ0v) is 9.91. The lowest BCUT2D eigenvalue weighted by Gasteiger charge is -2.03. The van der Waals surface area contributed by atoms with Gasteiger partial charge in [0.1, 0.15) is 0 Å². The van der Waals surface area contributed by atoms with Gasteiger partial charge in [-0.1, -0.05) is 18.2 Å². The Balaban J connectivity index is 2.67. The van der Waals surface area contributed by atoms with Crippen molar-refractivity contribution in [3.8, 4) is 0 Å². The van der Waals surface area contributed by atoms with Crippen molar-refractivity contribution in [3.63, 3.8) is 0 Å². The summed E-state index contributed by atoms with van der Waals surface area (Å²) in [7, 11) is 0. The van der Waals surface area contributed by atoms with Crippen molar-refractivity contribution >= 4 is 37.7 Å². The van der Waals surface area contributed by atoms with Crippen LogP contribution in [0.5, 0.6) is 0 Å². The van der Waals surface area contributed by atoms with Gasteiger partial charge >= 0.3 is 0 Å². The Morgan fingerprint density at radius 3 is 2.56 bits per heavy atom. The second-order valence-electron chi connectivity index (χ2n) is 3.66. The summed E-state index contributed by atoms with van der Waals surface area (Å²) in [6.45, 7) is 0. The number of aromatic nitrogens is 1. The summed E-state index contributed by atoms with van der Waals surface area (Å²) < 4.78 is 0.910. The second kappa shape index (κ2) is 3.46. The van der Waals surface area contributed by atoms with Gasteiger partial charge in [0.15, 0.2) is 5.43 Å². The van der Waals surface area contributed by atoms with Crippen molar-refractivity contribution < 1.29 is 0 Å². The number of pyridine rings is 1. The predicted molar refractivity (Wildman–Crippen MR) is 69.8 cm³/mol. The number of hydrogen-bond donors (Lipinski definition) is 1. The number of aromatic amines is 1. The summed E-state index contributed by atoms with van der Waals surface area (Å²) in [6, 6.07) is 13.2. The highest BCUT2D eigenvalue weighted by molar-refractivity contribution is 9.10. The Bertz CT molecular complexity index is 746. The smallest absolute Gasteiger partial charge is 0.197 e. The van der Waals surface area contributed by atoms with Crippen LogP contribution in [-0.2, 0) is 0 Å². The van der Waals surface area contributed by atoms with Crippen LogP contribution in [-0.4, -0.2) is 4.98 Å². The lowest BCUT2D eigenvalue weighted by atomic mass is 10.1. The van der Waals surface area contributed by atoms with Crippen LogP contribution in [0.15, 0.2) is 51.7 Å². The molecule has 0 radical (unpaired) electrons. The van der Waals surface area contributed by atoms with E-state index in [1.807, 2.05) is 42.5 Å². The number of rotatable bonds is 0. The summed E-state index contributed by atoms with van der Waals surface area (Å²) in [5, 5.41) is 1.45. The van der Waals surface area contributed by atoms with Crippen molar-refractivity contribution in [1.82, 2.24) is 4.98 Å². The van der Waals surface area contributed by atoms with Gasteiger partial charge in [0, 0.05) is 20.8 Å². The average molecular weight is 274 g/mol. The molecule has 0 saturated heterocycles. The first kappa shape index (κ1) is 9.60. The fraction of sp³-hybridized carbons (Fsp3) is 0. The van der Waals surface area contributed by atoms with Gasteiger partial charge in [0.2, 0.25) is 0 Å². The van der Waals surface area contributed by atoms with Gasteiger partial charge in [-0.3, -0.25) is 4.79 Å². The summed E-state index contributed by atoms with van der Waals surface area (Å²) in [4.78, 5) is 15.5. The molecule has 3 rings (SSSR count). The SMILES string of the molecule is O=c1c2ccccc2[nH]c2c(Br)cccc12. The first-order valence-corrected chi connectivity index (χ1v) is 5.76. The number of benzene rings is 2. The van der Waals surface area contributed by atoms with Crippen molar-refractivity contribution in [3.05, 3.63) is 57.2 Å². The van der Waals surface area contributed by atoms with E-state index < -0.39 is 0 Å². The van der Waals surface area contributed by atoms with E-state index in [1.54, 1.807) is 0 Å². The summed E-state index contributed by atoms with van der Waals surface area (Å²) >= 11 is 3.45. The maximum atomic E-state index is 12.2. The lowest BCUT2D eigenvalue weighted by Crippen LogP contribution is -2.03. The Hall–Kier alpha value is -1.61. The fourth-order valence-corrected chi connectivity index (χ4v) is 2.38. The Morgan fingerprint density at radius 2 is 1.69 bits per heavy atom. The number of halogens is 1. The molecule has 0 bridgehead atoms. The molecule has 3 aromatic rings. The molecule has 0 amide bonds. The number of hydrogen-bond acceptors (Lipinski definition) is 1. The average Bonchev–Trinajstić information content (AvgIpc) is 2.31. The molecule has 0 unspecified atom stereocenters. The Labute approximate surface area is 100 Å². The second-order valence-corrected chi connectivity index (χ2v) is 4.52. The summed E-state index contributed by atoms with van der Waals surface area (Å²) in [6.07, 6.45) is 0. The van der Waals surface area contributed by atoms with Gasteiger partial charge in [0.05, 0.1) is 5.52 Å². The summed E-state index contributed by atoms with van der Waals surface area (Å²) in [5.41, 5.74) is 1.80. The molecule has 0 saturated carbocycles. The fourth-order valence-electron chi connectivity index (χ4n) is 1.91. The first-order chi connectivity index (χ1) is 7.77. The van der Waals surface area contributed by atoms with E-state index in [-0.39, 0.29) is 5.43 Å². The van der Waals surface area contributed by atoms with Crippen molar-refractivity contribution in [1.29, 1.82) is 0 Å². The molecule has 1 N–H and O–H groups in total. The molecule has 0 spiro atoms. The maximum Gasteiger partial charge on any atom is 0.197 e. The third kappa shape index (κ3) is 1.28. The van der Waals surface area contributed by atoms with Gasteiger partial charge in [-0.25, -0.2) is 0 Å². The van der Waals surface area contributed by atoms with E-state index in [2.05, 4.69) is 20.9 Å². The van der Waals surface area contributed by atoms with Gasteiger partial charge < -0.3 is 4.98 Å². The zero-order valence-electron chi connectivity index (χ0n) is 8.33. The third-order valence-corrected chi connectivity index (χ3v) is 3.35. The highest BCUT2D eigenvalue weighted by atomic mass is 79.9. The molecule has 0 aliphatic carbocycles. The molecule has 78 valence electrons. The molecule has 1 heterocycles. The van der Waals surface area contributed by atoms with Crippen LogP contribution in [0.25, 0.3) is 21.8 Å². The molecule has 0 atom stereocenters. The molecular weight excluding hydrogens is 266 g/mol. The van der Waals surface area contributed by atoms with Crippen molar-refractivity contribution in [2.45, 2.75) is 0 Å². The van der Waals surface area contributed by atoms with Gasteiger partial charge in [-0.05, 0) is 40.2 Å². The third-order valence-electron chi connectivity index (χ3n) is 2.69. The minimum atomic E-state index is 0.0747. The van der Waals surface area contributed by atoms with Crippen LogP contribution >= 0.6 is 15.9 Å². The quantitative estimate of drug-likeness (QED) is 0.626. The van der Waals surface area contributed by atoms with E-state index in [4.69, 9.17) is 0 Å². The molecule has 2 nitrogen and oxygen atoms in total. The number of nitrogens with one attached hydrogen (secondary N) is 1. The maximum absolute atomic E-state index is 12.2. The van der Waals surface area contributed by atoms with Crippen LogP contribution < -0.4 is 5.43 Å². The molecule has 3 heteroatoms. The van der Waals surface area contributed by atoms with Gasteiger partial charge in [0.25, 0.3) is 0 Å². The van der Waals surface area contributed by atoms with E-state index >= 15 is 0 Å². The minimum absolute atomic E-state index is 0.0747.